The Balaban J connectivity index is 2.04. The second-order valence-corrected chi connectivity index (χ2v) is 4.11. The molecule has 1 atom stereocenters. The highest BCUT2D eigenvalue weighted by molar-refractivity contribution is 5.48. The van der Waals surface area contributed by atoms with E-state index in [0.717, 1.165) is 5.56 Å². The van der Waals surface area contributed by atoms with E-state index in [1.165, 1.54) is 0 Å². The zero-order chi connectivity index (χ0) is 13.8. The first kappa shape index (κ1) is 15.9. The summed E-state index contributed by atoms with van der Waals surface area (Å²) in [5, 5.41) is 18.2. The molecule has 2 N–H and O–H groups in total. The average molecular weight is 266 g/mol. The van der Waals surface area contributed by atoms with E-state index >= 15 is 0 Å². The molecule has 4 heteroatoms. The molecule has 0 radical (unpaired) electrons. The molecule has 1 aromatic carbocycles. The van der Waals surface area contributed by atoms with Crippen LogP contribution in [0.2, 0.25) is 0 Å². The highest BCUT2D eigenvalue weighted by Crippen LogP contribution is 2.03. The SMILES string of the molecule is OCCOCCOCC(O)CC=Cc1ccccc1. The molecule has 1 rings (SSSR count). The molecule has 0 bridgehead atoms. The smallest absolute Gasteiger partial charge is 0.0808 e. The Bertz CT molecular complexity index is 337. The molecule has 0 saturated heterocycles. The molecule has 19 heavy (non-hydrogen) atoms. The lowest BCUT2D eigenvalue weighted by Gasteiger charge is -2.09. The maximum Gasteiger partial charge on any atom is 0.0808 e. The van der Waals surface area contributed by atoms with Crippen molar-refractivity contribution < 1.29 is 19.7 Å². The zero-order valence-corrected chi connectivity index (χ0v) is 11.1. The second kappa shape index (κ2) is 10.7. The quantitative estimate of drug-likeness (QED) is 0.630. The van der Waals surface area contributed by atoms with Gasteiger partial charge in [0.05, 0.1) is 39.1 Å². The molecule has 0 saturated carbocycles. The summed E-state index contributed by atoms with van der Waals surface area (Å²) in [5.74, 6) is 0. The Morgan fingerprint density at radius 3 is 2.53 bits per heavy atom. The van der Waals surface area contributed by atoms with E-state index in [1.54, 1.807) is 0 Å². The summed E-state index contributed by atoms with van der Waals surface area (Å²) in [4.78, 5) is 0. The highest BCUT2D eigenvalue weighted by atomic mass is 16.5. The minimum absolute atomic E-state index is 0.0207. The molecule has 0 spiro atoms. The molecule has 0 amide bonds. The van der Waals surface area contributed by atoms with Gasteiger partial charge in [-0.1, -0.05) is 42.5 Å². The maximum absolute atomic E-state index is 9.67. The first-order valence-corrected chi connectivity index (χ1v) is 6.49. The number of rotatable bonds is 10. The zero-order valence-electron chi connectivity index (χ0n) is 11.1. The normalized spacial score (nSPS) is 12.9. The fourth-order valence-corrected chi connectivity index (χ4v) is 1.50. The van der Waals surface area contributed by atoms with Crippen LogP contribution in [0.4, 0.5) is 0 Å². The van der Waals surface area contributed by atoms with Crippen LogP contribution in [-0.4, -0.2) is 49.4 Å². The van der Waals surface area contributed by atoms with E-state index in [2.05, 4.69) is 0 Å². The van der Waals surface area contributed by atoms with Gasteiger partial charge >= 0.3 is 0 Å². The monoisotopic (exact) mass is 266 g/mol. The van der Waals surface area contributed by atoms with Crippen LogP contribution < -0.4 is 0 Å². The largest absolute Gasteiger partial charge is 0.394 e. The Hall–Kier alpha value is -1.20. The van der Waals surface area contributed by atoms with Crippen LogP contribution in [0.5, 0.6) is 0 Å². The van der Waals surface area contributed by atoms with Gasteiger partial charge < -0.3 is 19.7 Å². The summed E-state index contributed by atoms with van der Waals surface area (Å²) in [6.45, 7) is 1.51. The van der Waals surface area contributed by atoms with Gasteiger partial charge in [-0.3, -0.25) is 0 Å². The van der Waals surface area contributed by atoms with Crippen molar-refractivity contribution in [3.05, 3.63) is 42.0 Å². The molecule has 106 valence electrons. The first-order chi connectivity index (χ1) is 9.33. The minimum Gasteiger partial charge on any atom is -0.394 e. The number of aliphatic hydroxyl groups is 2. The van der Waals surface area contributed by atoms with Crippen LogP contribution in [0, 0.1) is 0 Å². The van der Waals surface area contributed by atoms with Crippen molar-refractivity contribution >= 4 is 6.08 Å². The highest BCUT2D eigenvalue weighted by Gasteiger charge is 2.01. The van der Waals surface area contributed by atoms with Crippen molar-refractivity contribution in [2.45, 2.75) is 12.5 Å². The van der Waals surface area contributed by atoms with Gasteiger partial charge in [0.1, 0.15) is 0 Å². The fraction of sp³-hybridized carbons (Fsp3) is 0.467. The van der Waals surface area contributed by atoms with Gasteiger partial charge in [-0.2, -0.15) is 0 Å². The van der Waals surface area contributed by atoms with Gasteiger partial charge in [-0.25, -0.2) is 0 Å². The van der Waals surface area contributed by atoms with Gasteiger partial charge in [0.25, 0.3) is 0 Å². The molecule has 0 aliphatic rings. The Morgan fingerprint density at radius 1 is 1.05 bits per heavy atom. The van der Waals surface area contributed by atoms with Crippen molar-refractivity contribution in [1.82, 2.24) is 0 Å². The predicted molar refractivity (Wildman–Crippen MR) is 74.8 cm³/mol. The molecule has 0 fully saturated rings. The number of hydrogen-bond donors (Lipinski definition) is 2. The van der Waals surface area contributed by atoms with Gasteiger partial charge in [-0.05, 0) is 12.0 Å². The van der Waals surface area contributed by atoms with Crippen LogP contribution in [0.1, 0.15) is 12.0 Å². The Kier molecular flexibility index (Phi) is 8.93. The molecular formula is C15H22O4. The average Bonchev–Trinajstić information content (AvgIpc) is 2.44. The predicted octanol–water partition coefficient (Wildman–Crippen LogP) is 1.48. The molecular weight excluding hydrogens is 244 g/mol. The lowest BCUT2D eigenvalue weighted by Crippen LogP contribution is -2.17. The molecule has 0 aromatic heterocycles. The van der Waals surface area contributed by atoms with E-state index in [0.29, 0.717) is 32.8 Å². The molecule has 0 aliphatic heterocycles. The summed E-state index contributed by atoms with van der Waals surface area (Å²) in [5.41, 5.74) is 1.12. The van der Waals surface area contributed by atoms with Crippen LogP contribution in [-0.2, 0) is 9.47 Å². The number of ether oxygens (including phenoxy) is 2. The second-order valence-electron chi connectivity index (χ2n) is 4.11. The number of hydrogen-bond acceptors (Lipinski definition) is 4. The summed E-state index contributed by atoms with van der Waals surface area (Å²) >= 11 is 0. The number of aliphatic hydroxyl groups excluding tert-OH is 2. The summed E-state index contributed by atoms with van der Waals surface area (Å²) in [6.07, 6.45) is 3.98. The lowest BCUT2D eigenvalue weighted by atomic mass is 10.2. The molecule has 0 heterocycles. The molecule has 0 aliphatic carbocycles. The molecule has 1 aromatic rings. The molecule has 1 unspecified atom stereocenters. The van der Waals surface area contributed by atoms with E-state index in [9.17, 15) is 5.11 Å². The minimum atomic E-state index is -0.502. The Labute approximate surface area is 114 Å². The van der Waals surface area contributed by atoms with Gasteiger partial charge in [0.15, 0.2) is 0 Å². The van der Waals surface area contributed by atoms with Crippen LogP contribution in [0.3, 0.4) is 0 Å². The van der Waals surface area contributed by atoms with Crippen molar-refractivity contribution in [3.63, 3.8) is 0 Å². The van der Waals surface area contributed by atoms with Gasteiger partial charge in [0.2, 0.25) is 0 Å². The van der Waals surface area contributed by atoms with Crippen LogP contribution in [0.25, 0.3) is 6.08 Å². The maximum atomic E-state index is 9.67. The third-order valence-corrected chi connectivity index (χ3v) is 2.44. The van der Waals surface area contributed by atoms with Crippen LogP contribution >= 0.6 is 0 Å². The fourth-order valence-electron chi connectivity index (χ4n) is 1.50. The van der Waals surface area contributed by atoms with Crippen molar-refractivity contribution in [3.8, 4) is 0 Å². The third kappa shape index (κ3) is 8.51. The van der Waals surface area contributed by atoms with Crippen molar-refractivity contribution in [2.24, 2.45) is 0 Å². The third-order valence-electron chi connectivity index (χ3n) is 2.44. The molecule has 4 nitrogen and oxygen atoms in total. The van der Waals surface area contributed by atoms with Gasteiger partial charge in [0, 0.05) is 0 Å². The first-order valence-electron chi connectivity index (χ1n) is 6.49. The van der Waals surface area contributed by atoms with E-state index in [4.69, 9.17) is 14.6 Å². The van der Waals surface area contributed by atoms with Crippen molar-refractivity contribution in [1.29, 1.82) is 0 Å². The van der Waals surface area contributed by atoms with Crippen molar-refractivity contribution in [2.75, 3.05) is 33.0 Å². The topological polar surface area (TPSA) is 58.9 Å². The summed E-state index contributed by atoms with van der Waals surface area (Å²) in [6, 6.07) is 9.95. The Morgan fingerprint density at radius 2 is 1.79 bits per heavy atom. The van der Waals surface area contributed by atoms with E-state index in [1.807, 2.05) is 42.5 Å². The number of benzene rings is 1. The van der Waals surface area contributed by atoms with E-state index in [-0.39, 0.29) is 6.61 Å². The summed E-state index contributed by atoms with van der Waals surface area (Å²) in [7, 11) is 0. The van der Waals surface area contributed by atoms with E-state index < -0.39 is 6.10 Å². The summed E-state index contributed by atoms with van der Waals surface area (Å²) < 4.78 is 10.3. The standard InChI is InChI=1S/C15H22O4/c16-9-10-18-11-12-19-13-15(17)8-4-7-14-5-2-1-3-6-14/h1-7,15-17H,8-13H2. The van der Waals surface area contributed by atoms with Crippen LogP contribution in [0.15, 0.2) is 36.4 Å². The lowest BCUT2D eigenvalue weighted by molar-refractivity contribution is -0.000972. The van der Waals surface area contributed by atoms with Gasteiger partial charge in [-0.15, -0.1) is 0 Å².